The number of H-pyrrole nitrogens is 1. The van der Waals surface area contributed by atoms with Gasteiger partial charge in [0, 0.05) is 17.8 Å². The van der Waals surface area contributed by atoms with E-state index in [1.165, 1.54) is 24.4 Å². The van der Waals surface area contributed by atoms with Crippen LogP contribution < -0.4 is 5.56 Å². The van der Waals surface area contributed by atoms with Crippen LogP contribution in [0.15, 0.2) is 35.3 Å². The third-order valence-corrected chi connectivity index (χ3v) is 2.82. The average molecular weight is 247 g/mol. The predicted octanol–water partition coefficient (Wildman–Crippen LogP) is 3.01. The summed E-state index contributed by atoms with van der Waals surface area (Å²) in [5, 5.41) is 9.86. The zero-order chi connectivity index (χ0) is 13.3. The van der Waals surface area contributed by atoms with Gasteiger partial charge in [-0.25, -0.2) is 4.39 Å². The Morgan fingerprint density at radius 2 is 2.00 bits per heavy atom. The molecule has 0 aliphatic rings. The maximum atomic E-state index is 14.0. The summed E-state index contributed by atoms with van der Waals surface area (Å²) in [6.07, 6.45) is 1.45. The molecule has 2 rings (SSSR count). The van der Waals surface area contributed by atoms with E-state index in [2.05, 4.69) is 4.98 Å². The summed E-state index contributed by atoms with van der Waals surface area (Å²) in [6.45, 7) is 3.75. The second-order valence-corrected chi connectivity index (χ2v) is 4.49. The number of halogens is 1. The average Bonchev–Trinajstić information content (AvgIpc) is 2.31. The van der Waals surface area contributed by atoms with E-state index in [0.717, 1.165) is 0 Å². The summed E-state index contributed by atoms with van der Waals surface area (Å²) < 4.78 is 14.0. The lowest BCUT2D eigenvalue weighted by atomic mass is 9.97. The van der Waals surface area contributed by atoms with Gasteiger partial charge in [-0.1, -0.05) is 13.8 Å². The van der Waals surface area contributed by atoms with Crippen LogP contribution in [0.2, 0.25) is 0 Å². The quantitative estimate of drug-likeness (QED) is 0.857. The molecule has 0 spiro atoms. The van der Waals surface area contributed by atoms with Gasteiger partial charge in [0.2, 0.25) is 5.56 Å². The molecule has 1 aromatic carbocycles. The van der Waals surface area contributed by atoms with Crippen molar-refractivity contribution < 1.29 is 9.50 Å². The van der Waals surface area contributed by atoms with Crippen LogP contribution in [-0.2, 0) is 0 Å². The highest BCUT2D eigenvalue weighted by Gasteiger charge is 2.13. The summed E-state index contributed by atoms with van der Waals surface area (Å²) in [6, 6.07) is 5.57. The molecule has 0 bridgehead atoms. The van der Waals surface area contributed by atoms with Crippen molar-refractivity contribution in [3.05, 3.63) is 52.2 Å². The minimum absolute atomic E-state index is 0.0349. The third kappa shape index (κ3) is 2.27. The lowest BCUT2D eigenvalue weighted by molar-refractivity contribution is 0.462. The Morgan fingerprint density at radius 3 is 2.61 bits per heavy atom. The number of phenolic OH excluding ortho intramolecular Hbond substituents is 1. The van der Waals surface area contributed by atoms with Gasteiger partial charge in [-0.05, 0) is 35.2 Å². The lowest BCUT2D eigenvalue weighted by Gasteiger charge is -2.11. The van der Waals surface area contributed by atoms with Crippen LogP contribution in [0.5, 0.6) is 5.75 Å². The first kappa shape index (κ1) is 12.4. The molecule has 4 heteroatoms. The maximum Gasteiger partial charge on any atom is 0.248 e. The Labute approximate surface area is 104 Å². The summed E-state index contributed by atoms with van der Waals surface area (Å²) in [7, 11) is 0. The molecule has 2 aromatic rings. The minimum Gasteiger partial charge on any atom is -0.508 e. The van der Waals surface area contributed by atoms with E-state index in [9.17, 15) is 14.3 Å². The van der Waals surface area contributed by atoms with Crippen molar-refractivity contribution in [3.8, 4) is 16.9 Å². The molecular formula is C14H14FNO2. The van der Waals surface area contributed by atoms with Crippen LogP contribution in [-0.4, -0.2) is 10.1 Å². The van der Waals surface area contributed by atoms with Gasteiger partial charge in [-0.3, -0.25) is 4.79 Å². The summed E-state index contributed by atoms with van der Waals surface area (Å²) in [5.74, 6) is -0.364. The van der Waals surface area contributed by atoms with Gasteiger partial charge in [0.25, 0.3) is 0 Å². The van der Waals surface area contributed by atoms with Gasteiger partial charge in [-0.2, -0.15) is 0 Å². The fourth-order valence-electron chi connectivity index (χ4n) is 1.87. The number of hydrogen-bond acceptors (Lipinski definition) is 2. The van der Waals surface area contributed by atoms with E-state index in [4.69, 9.17) is 0 Å². The molecule has 1 heterocycles. The molecule has 1 aromatic heterocycles. The molecule has 0 radical (unpaired) electrons. The van der Waals surface area contributed by atoms with Crippen molar-refractivity contribution >= 4 is 0 Å². The minimum atomic E-state index is -0.442. The first-order chi connectivity index (χ1) is 8.49. The number of aromatic amines is 1. The highest BCUT2D eigenvalue weighted by atomic mass is 19.1. The van der Waals surface area contributed by atoms with E-state index < -0.39 is 5.82 Å². The third-order valence-electron chi connectivity index (χ3n) is 2.82. The zero-order valence-electron chi connectivity index (χ0n) is 10.2. The monoisotopic (exact) mass is 247 g/mol. The second kappa shape index (κ2) is 4.64. The molecule has 0 atom stereocenters. The Kier molecular flexibility index (Phi) is 3.19. The predicted molar refractivity (Wildman–Crippen MR) is 68.2 cm³/mol. The normalized spacial score (nSPS) is 10.9. The van der Waals surface area contributed by atoms with Gasteiger partial charge >= 0.3 is 0 Å². The van der Waals surface area contributed by atoms with E-state index >= 15 is 0 Å². The maximum absolute atomic E-state index is 14.0. The van der Waals surface area contributed by atoms with Crippen LogP contribution in [0.25, 0.3) is 11.1 Å². The Balaban J connectivity index is 2.60. The fraction of sp³-hybridized carbons (Fsp3) is 0.214. The molecule has 0 amide bonds. The molecule has 0 aliphatic carbocycles. The summed E-state index contributed by atoms with van der Waals surface area (Å²) >= 11 is 0. The first-order valence-corrected chi connectivity index (χ1v) is 5.70. The Bertz CT molecular complexity index is 632. The van der Waals surface area contributed by atoms with Crippen LogP contribution in [0.3, 0.4) is 0 Å². The Hall–Kier alpha value is -2.10. The van der Waals surface area contributed by atoms with Crippen LogP contribution in [0.1, 0.15) is 25.3 Å². The SMILES string of the molecule is CC(C)c1cc(F)c(-c2cc[nH]c(=O)c2)cc1O. The smallest absolute Gasteiger partial charge is 0.248 e. The lowest BCUT2D eigenvalue weighted by Crippen LogP contribution is -2.03. The molecule has 0 aliphatic heterocycles. The number of rotatable bonds is 2. The molecule has 3 nitrogen and oxygen atoms in total. The van der Waals surface area contributed by atoms with Crippen LogP contribution >= 0.6 is 0 Å². The van der Waals surface area contributed by atoms with Gasteiger partial charge in [-0.15, -0.1) is 0 Å². The van der Waals surface area contributed by atoms with Gasteiger partial charge in [0.1, 0.15) is 11.6 Å². The molecule has 0 saturated heterocycles. The number of aromatic hydroxyl groups is 1. The number of aromatic nitrogens is 1. The van der Waals surface area contributed by atoms with E-state index in [-0.39, 0.29) is 22.8 Å². The molecular weight excluding hydrogens is 233 g/mol. The molecule has 18 heavy (non-hydrogen) atoms. The van der Waals surface area contributed by atoms with Crippen LogP contribution in [0.4, 0.5) is 4.39 Å². The Morgan fingerprint density at radius 1 is 1.28 bits per heavy atom. The zero-order valence-corrected chi connectivity index (χ0v) is 10.2. The van der Waals surface area contributed by atoms with Crippen LogP contribution in [0, 0.1) is 5.82 Å². The van der Waals surface area contributed by atoms with E-state index in [1.54, 1.807) is 6.07 Å². The fourth-order valence-corrected chi connectivity index (χ4v) is 1.87. The number of phenols is 1. The summed E-state index contributed by atoms with van der Waals surface area (Å²) in [4.78, 5) is 13.7. The van der Waals surface area contributed by atoms with Gasteiger partial charge in [0.15, 0.2) is 0 Å². The van der Waals surface area contributed by atoms with Crippen molar-refractivity contribution in [1.82, 2.24) is 4.98 Å². The molecule has 2 N–H and O–H groups in total. The molecule has 0 saturated carbocycles. The number of hydrogen-bond donors (Lipinski definition) is 2. The largest absolute Gasteiger partial charge is 0.508 e. The first-order valence-electron chi connectivity index (χ1n) is 5.70. The molecule has 94 valence electrons. The van der Waals surface area contributed by atoms with Gasteiger partial charge in [0.05, 0.1) is 0 Å². The highest BCUT2D eigenvalue weighted by molar-refractivity contribution is 5.66. The van der Waals surface area contributed by atoms with Crippen molar-refractivity contribution in [3.63, 3.8) is 0 Å². The second-order valence-electron chi connectivity index (χ2n) is 4.49. The highest BCUT2D eigenvalue weighted by Crippen LogP contribution is 2.32. The number of pyridine rings is 1. The van der Waals surface area contributed by atoms with E-state index in [1.807, 2.05) is 13.8 Å². The van der Waals surface area contributed by atoms with Gasteiger partial charge < -0.3 is 10.1 Å². The van der Waals surface area contributed by atoms with Crippen molar-refractivity contribution in [2.45, 2.75) is 19.8 Å². The number of benzene rings is 1. The topological polar surface area (TPSA) is 53.1 Å². The van der Waals surface area contributed by atoms with E-state index in [0.29, 0.717) is 11.1 Å². The summed E-state index contributed by atoms with van der Waals surface area (Å²) in [5.41, 5.74) is 0.922. The van der Waals surface area contributed by atoms with Crippen molar-refractivity contribution in [2.75, 3.05) is 0 Å². The molecule has 0 fully saturated rings. The number of nitrogens with one attached hydrogen (secondary N) is 1. The van der Waals surface area contributed by atoms with Crippen molar-refractivity contribution in [1.29, 1.82) is 0 Å². The van der Waals surface area contributed by atoms with Crippen molar-refractivity contribution in [2.24, 2.45) is 0 Å². The standard InChI is InChI=1S/C14H14FNO2/c1-8(2)10-6-12(15)11(7-13(10)17)9-3-4-16-14(18)5-9/h3-8,17H,1-2H3,(H,16,18). The molecule has 0 unspecified atom stereocenters.